The molecule has 2 nitrogen and oxygen atoms in total. The molecule has 0 unspecified atom stereocenters. The molecule has 4 aliphatic carbocycles. The van der Waals surface area contributed by atoms with Gasteiger partial charge in [0.25, 0.3) is 0 Å². The van der Waals surface area contributed by atoms with Crippen LogP contribution in [0.1, 0.15) is 49.3 Å². The van der Waals surface area contributed by atoms with Gasteiger partial charge in [0.2, 0.25) is 0 Å². The normalized spacial score (nSPS) is 28.2. The number of rotatable bonds is 3. The molecular formula is C26H27ClO2. The summed E-state index contributed by atoms with van der Waals surface area (Å²) >= 11 is 6.14. The molecule has 3 fully saturated rings. The molecule has 0 radical (unpaired) electrons. The molecular weight excluding hydrogens is 380 g/mol. The minimum absolute atomic E-state index is 0.00290. The number of hydrogen-bond donors (Lipinski definition) is 1. The molecule has 2 bridgehead atoms. The first-order valence-electron chi connectivity index (χ1n) is 10.9. The van der Waals surface area contributed by atoms with Crippen molar-refractivity contribution in [1.29, 1.82) is 0 Å². The summed E-state index contributed by atoms with van der Waals surface area (Å²) in [7, 11) is 0. The number of allylic oxidation sites excluding steroid dienone is 2. The maximum absolute atomic E-state index is 13.5. The fourth-order valence-electron chi connectivity index (χ4n) is 6.19. The second-order valence-corrected chi connectivity index (χ2v) is 9.47. The molecule has 0 saturated heterocycles. The SMILES string of the molecule is CCc1ccc(-c2ccc(Cl)cc2C)cc1C1=C(O)[C@H]2C3CCC(CC3)[C@H]2C1=O. The first kappa shape index (κ1) is 18.9. The highest BCUT2D eigenvalue weighted by Crippen LogP contribution is 2.57. The fourth-order valence-corrected chi connectivity index (χ4v) is 6.41. The van der Waals surface area contributed by atoms with Gasteiger partial charge in [0.15, 0.2) is 5.78 Å². The van der Waals surface area contributed by atoms with Gasteiger partial charge in [-0.3, -0.25) is 4.79 Å². The minimum atomic E-state index is 0.00290. The zero-order chi connectivity index (χ0) is 20.3. The van der Waals surface area contributed by atoms with E-state index < -0.39 is 0 Å². The minimum Gasteiger partial charge on any atom is -0.511 e. The predicted octanol–water partition coefficient (Wildman–Crippen LogP) is 6.78. The number of carbonyl (C=O) groups is 1. The largest absolute Gasteiger partial charge is 0.511 e. The number of fused-ring (bicyclic) bond motifs is 2. The van der Waals surface area contributed by atoms with Gasteiger partial charge in [-0.05, 0) is 96.9 Å². The van der Waals surface area contributed by atoms with Gasteiger partial charge in [-0.1, -0.05) is 36.7 Å². The molecule has 0 aliphatic heterocycles. The number of benzene rings is 2. The maximum Gasteiger partial charge on any atom is 0.170 e. The van der Waals surface area contributed by atoms with Gasteiger partial charge < -0.3 is 5.11 Å². The van der Waals surface area contributed by atoms with Crippen molar-refractivity contribution in [3.63, 3.8) is 0 Å². The highest BCUT2D eigenvalue weighted by atomic mass is 35.5. The van der Waals surface area contributed by atoms with E-state index in [-0.39, 0.29) is 17.6 Å². The number of aliphatic hydroxyl groups excluding tert-OH is 1. The van der Waals surface area contributed by atoms with Crippen LogP contribution in [0.25, 0.3) is 16.7 Å². The summed E-state index contributed by atoms with van der Waals surface area (Å²) in [6, 6.07) is 12.2. The molecule has 2 aromatic rings. The van der Waals surface area contributed by atoms with E-state index in [1.54, 1.807) is 0 Å². The number of carbonyl (C=O) groups excluding carboxylic acids is 1. The van der Waals surface area contributed by atoms with Crippen molar-refractivity contribution in [3.8, 4) is 11.1 Å². The molecule has 29 heavy (non-hydrogen) atoms. The molecule has 150 valence electrons. The third-order valence-corrected chi connectivity index (χ3v) is 7.83. The molecule has 2 atom stereocenters. The summed E-state index contributed by atoms with van der Waals surface area (Å²) in [6.45, 7) is 4.16. The third-order valence-electron chi connectivity index (χ3n) is 7.60. The van der Waals surface area contributed by atoms with Crippen molar-refractivity contribution in [1.82, 2.24) is 0 Å². The molecule has 0 amide bonds. The predicted molar refractivity (Wildman–Crippen MR) is 118 cm³/mol. The Bertz CT molecular complexity index is 1030. The first-order chi connectivity index (χ1) is 14.0. The Hall–Kier alpha value is -2.06. The molecule has 6 rings (SSSR count). The molecule has 0 spiro atoms. The molecule has 0 heterocycles. The van der Waals surface area contributed by atoms with Crippen molar-refractivity contribution in [2.75, 3.05) is 0 Å². The molecule has 0 aromatic heterocycles. The van der Waals surface area contributed by atoms with Crippen LogP contribution in [0.15, 0.2) is 42.2 Å². The van der Waals surface area contributed by atoms with Gasteiger partial charge >= 0.3 is 0 Å². The van der Waals surface area contributed by atoms with E-state index in [0.29, 0.717) is 23.2 Å². The third kappa shape index (κ3) is 2.87. The van der Waals surface area contributed by atoms with Crippen molar-refractivity contribution < 1.29 is 9.90 Å². The van der Waals surface area contributed by atoms with Crippen LogP contribution in [-0.4, -0.2) is 10.9 Å². The average molecular weight is 407 g/mol. The molecule has 3 heteroatoms. The molecule has 3 saturated carbocycles. The lowest BCUT2D eigenvalue weighted by Crippen LogP contribution is -2.41. The van der Waals surface area contributed by atoms with Crippen molar-refractivity contribution in [3.05, 3.63) is 63.9 Å². The Labute approximate surface area is 177 Å². The fraction of sp³-hybridized carbons (Fsp3) is 0.423. The van der Waals surface area contributed by atoms with Crippen LogP contribution in [0.5, 0.6) is 0 Å². The lowest BCUT2D eigenvalue weighted by molar-refractivity contribution is -0.123. The number of halogens is 1. The van der Waals surface area contributed by atoms with Crippen LogP contribution in [0.4, 0.5) is 0 Å². The van der Waals surface area contributed by atoms with E-state index in [9.17, 15) is 9.90 Å². The topological polar surface area (TPSA) is 37.3 Å². The summed E-state index contributed by atoms with van der Waals surface area (Å²) in [5.74, 6) is 1.52. The van der Waals surface area contributed by atoms with Crippen LogP contribution >= 0.6 is 11.6 Å². The van der Waals surface area contributed by atoms with Gasteiger partial charge in [-0.2, -0.15) is 0 Å². The van der Waals surface area contributed by atoms with Gasteiger partial charge in [-0.15, -0.1) is 0 Å². The Kier molecular flexibility index (Phi) is 4.58. The van der Waals surface area contributed by atoms with Crippen LogP contribution in [0.2, 0.25) is 5.02 Å². The lowest BCUT2D eigenvalue weighted by Gasteiger charge is -2.44. The Morgan fingerprint density at radius 1 is 0.966 bits per heavy atom. The zero-order valence-corrected chi connectivity index (χ0v) is 17.8. The van der Waals surface area contributed by atoms with Crippen molar-refractivity contribution in [2.45, 2.75) is 46.0 Å². The summed E-state index contributed by atoms with van der Waals surface area (Å²) in [5, 5.41) is 12.0. The van der Waals surface area contributed by atoms with Crippen LogP contribution < -0.4 is 0 Å². The summed E-state index contributed by atoms with van der Waals surface area (Å²) in [5.41, 5.74) is 5.94. The Morgan fingerprint density at radius 2 is 1.66 bits per heavy atom. The van der Waals surface area contributed by atoms with E-state index in [1.807, 2.05) is 18.2 Å². The van der Waals surface area contributed by atoms with Crippen molar-refractivity contribution >= 4 is 23.0 Å². The number of aliphatic hydroxyl groups is 1. The summed E-state index contributed by atoms with van der Waals surface area (Å²) < 4.78 is 0. The van der Waals surface area contributed by atoms with Gasteiger partial charge in [0.1, 0.15) is 5.76 Å². The van der Waals surface area contributed by atoms with E-state index in [0.717, 1.165) is 64.9 Å². The number of hydrogen-bond acceptors (Lipinski definition) is 2. The summed E-state index contributed by atoms with van der Waals surface area (Å²) in [4.78, 5) is 13.5. The standard InChI is InChI=1S/C26H27ClO2/c1-3-15-4-9-18(20-11-10-19(27)12-14(20)2)13-21(15)24-25(28)22-16-5-6-17(8-7-16)23(22)26(24)29/h4,9-13,16-17,22-23,28H,3,5-8H2,1-2H3/t16?,17?,22-,23+/m0/s1. The second-order valence-electron chi connectivity index (χ2n) is 9.04. The van der Waals surface area contributed by atoms with Gasteiger partial charge in [-0.25, -0.2) is 0 Å². The lowest BCUT2D eigenvalue weighted by atomic mass is 9.59. The monoisotopic (exact) mass is 406 g/mol. The van der Waals surface area contributed by atoms with Crippen LogP contribution in [0, 0.1) is 30.6 Å². The number of Topliss-reactive ketones (excluding diaryl/α,β-unsaturated/α-hetero) is 1. The average Bonchev–Trinajstić information content (AvgIpc) is 3.01. The highest BCUT2D eigenvalue weighted by Gasteiger charge is 2.54. The van der Waals surface area contributed by atoms with Crippen LogP contribution in [0.3, 0.4) is 0 Å². The number of ketones is 1. The van der Waals surface area contributed by atoms with E-state index in [2.05, 4.69) is 32.0 Å². The molecule has 4 aliphatic rings. The molecule has 1 N–H and O–H groups in total. The van der Waals surface area contributed by atoms with Crippen molar-refractivity contribution in [2.24, 2.45) is 23.7 Å². The van der Waals surface area contributed by atoms with E-state index >= 15 is 0 Å². The molecule has 2 aromatic carbocycles. The summed E-state index contributed by atoms with van der Waals surface area (Å²) in [6.07, 6.45) is 5.43. The smallest absolute Gasteiger partial charge is 0.170 e. The first-order valence-corrected chi connectivity index (χ1v) is 11.2. The van der Waals surface area contributed by atoms with E-state index in [1.165, 1.54) is 0 Å². The van der Waals surface area contributed by atoms with Crippen LogP contribution in [-0.2, 0) is 11.2 Å². The second kappa shape index (κ2) is 7.02. The number of aryl methyl sites for hydroxylation is 2. The van der Waals surface area contributed by atoms with Gasteiger partial charge in [0, 0.05) is 16.9 Å². The Morgan fingerprint density at radius 3 is 2.28 bits per heavy atom. The van der Waals surface area contributed by atoms with Gasteiger partial charge in [0.05, 0.1) is 5.57 Å². The quantitative estimate of drug-likeness (QED) is 0.609. The maximum atomic E-state index is 13.5. The Balaban J connectivity index is 1.64. The zero-order valence-electron chi connectivity index (χ0n) is 17.0. The van der Waals surface area contributed by atoms with E-state index in [4.69, 9.17) is 11.6 Å². The highest BCUT2D eigenvalue weighted by molar-refractivity contribution is 6.30.